The highest BCUT2D eigenvalue weighted by Gasteiger charge is 2.23. The summed E-state index contributed by atoms with van der Waals surface area (Å²) in [5.74, 6) is -2.30. The van der Waals surface area contributed by atoms with Crippen molar-refractivity contribution < 1.29 is 19.5 Å². The first kappa shape index (κ1) is 28.9. The normalized spacial score (nSPS) is 11.7. The lowest BCUT2D eigenvalue weighted by atomic mass is 9.97. The third-order valence-electron chi connectivity index (χ3n) is 6.59. The lowest BCUT2D eigenvalue weighted by molar-refractivity contribution is -0.139. The monoisotopic (exact) mass is 558 g/mol. The first-order valence-electron chi connectivity index (χ1n) is 13.0. The number of pyridine rings is 1. The van der Waals surface area contributed by atoms with Crippen LogP contribution in [-0.2, 0) is 18.3 Å². The predicted octanol–water partition coefficient (Wildman–Crippen LogP) is 0.979. The minimum absolute atomic E-state index is 0.0692. The van der Waals surface area contributed by atoms with Gasteiger partial charge in [0.2, 0.25) is 0 Å². The molecule has 0 aliphatic rings. The van der Waals surface area contributed by atoms with Gasteiger partial charge in [0.05, 0.1) is 11.3 Å². The summed E-state index contributed by atoms with van der Waals surface area (Å²) in [7, 11) is 1.54. The number of amides is 2. The molecule has 1 atom stereocenters. The third kappa shape index (κ3) is 6.56. The zero-order valence-corrected chi connectivity index (χ0v) is 22.4. The maximum Gasteiger partial charge on any atom is 0.335 e. The molecular formula is C29H30N6O6. The number of nitrogens with one attached hydrogen (secondary N) is 2. The van der Waals surface area contributed by atoms with Gasteiger partial charge in [-0.2, -0.15) is 0 Å². The van der Waals surface area contributed by atoms with Crippen molar-refractivity contribution >= 4 is 28.6 Å². The van der Waals surface area contributed by atoms with E-state index < -0.39 is 29.2 Å². The average Bonchev–Trinajstić information content (AvgIpc) is 2.97. The van der Waals surface area contributed by atoms with Crippen LogP contribution in [0.25, 0.3) is 16.5 Å². The molecule has 0 saturated carbocycles. The van der Waals surface area contributed by atoms with E-state index in [2.05, 4.69) is 15.6 Å². The van der Waals surface area contributed by atoms with Crippen LogP contribution in [0.3, 0.4) is 0 Å². The van der Waals surface area contributed by atoms with Gasteiger partial charge in [-0.3, -0.25) is 19.4 Å². The van der Waals surface area contributed by atoms with E-state index in [4.69, 9.17) is 5.73 Å². The highest BCUT2D eigenvalue weighted by molar-refractivity contribution is 5.98. The van der Waals surface area contributed by atoms with E-state index >= 15 is 0 Å². The Labute approximate surface area is 234 Å². The summed E-state index contributed by atoms with van der Waals surface area (Å²) in [6, 6.07) is 13.0. The number of unbranched alkanes of at least 4 members (excludes halogenated alkanes) is 1. The van der Waals surface area contributed by atoms with Crippen molar-refractivity contribution in [2.75, 3.05) is 13.1 Å². The third-order valence-corrected chi connectivity index (χ3v) is 6.59. The van der Waals surface area contributed by atoms with Crippen molar-refractivity contribution in [3.05, 3.63) is 105 Å². The fourth-order valence-electron chi connectivity index (χ4n) is 4.40. The van der Waals surface area contributed by atoms with E-state index in [1.165, 1.54) is 42.2 Å². The maximum absolute atomic E-state index is 12.9. The van der Waals surface area contributed by atoms with E-state index in [0.717, 1.165) is 17.4 Å². The quantitative estimate of drug-likeness (QED) is 0.197. The highest BCUT2D eigenvalue weighted by atomic mass is 16.4. The number of nitrogens with zero attached hydrogens (tertiary/aromatic N) is 3. The number of fused-ring (bicyclic) bond motifs is 1. The van der Waals surface area contributed by atoms with Crippen LogP contribution in [0.5, 0.6) is 0 Å². The van der Waals surface area contributed by atoms with Crippen molar-refractivity contribution in [3.63, 3.8) is 0 Å². The molecule has 2 aromatic heterocycles. The number of aliphatic carboxylic acids is 1. The number of hydrogen-bond acceptors (Lipinski definition) is 7. The SMILES string of the molecule is Cn1ccc(=O)n(-c2cccc3c(C[C@H](NC(=O)c4ccc(C(=O)NCCCCN)nc4)C(=O)O)cccc23)c1=O. The second kappa shape index (κ2) is 12.8. The van der Waals surface area contributed by atoms with Crippen molar-refractivity contribution in [3.8, 4) is 5.69 Å². The molecule has 0 aliphatic heterocycles. The average molecular weight is 559 g/mol. The van der Waals surface area contributed by atoms with Gasteiger partial charge in [-0.1, -0.05) is 30.3 Å². The second-order valence-corrected chi connectivity index (χ2v) is 9.42. The molecule has 0 aliphatic carbocycles. The molecule has 2 amide bonds. The number of rotatable bonds is 11. The smallest absolute Gasteiger partial charge is 0.335 e. The number of carboxylic acid groups (broad SMARTS) is 1. The van der Waals surface area contributed by atoms with Gasteiger partial charge in [0, 0.05) is 43.9 Å². The molecule has 41 heavy (non-hydrogen) atoms. The van der Waals surface area contributed by atoms with Gasteiger partial charge < -0.3 is 26.0 Å². The number of carboxylic acids is 1. The molecule has 12 nitrogen and oxygen atoms in total. The number of carbonyl (C=O) groups excluding carboxylic acids is 2. The minimum atomic E-state index is -1.30. The van der Waals surface area contributed by atoms with Gasteiger partial charge in [-0.15, -0.1) is 0 Å². The number of aryl methyl sites for hydroxylation is 1. The number of benzene rings is 2. The van der Waals surface area contributed by atoms with E-state index in [-0.39, 0.29) is 23.6 Å². The molecule has 2 heterocycles. The Hall–Kier alpha value is -5.10. The number of hydrogen-bond donors (Lipinski definition) is 4. The number of carbonyl (C=O) groups is 3. The van der Waals surface area contributed by atoms with Gasteiger partial charge in [-0.05, 0) is 48.5 Å². The van der Waals surface area contributed by atoms with Crippen LogP contribution in [0.4, 0.5) is 0 Å². The molecule has 0 bridgehead atoms. The molecule has 0 saturated heterocycles. The first-order chi connectivity index (χ1) is 19.7. The summed E-state index contributed by atoms with van der Waals surface area (Å²) in [5.41, 5.74) is 5.61. The Balaban J connectivity index is 1.55. The molecule has 0 fully saturated rings. The molecule has 2 aromatic carbocycles. The molecule has 4 rings (SSSR count). The molecule has 0 unspecified atom stereocenters. The van der Waals surface area contributed by atoms with Crippen molar-refractivity contribution in [2.45, 2.75) is 25.3 Å². The lowest BCUT2D eigenvalue weighted by Gasteiger charge is -2.17. The van der Waals surface area contributed by atoms with Crippen molar-refractivity contribution in [1.29, 1.82) is 0 Å². The van der Waals surface area contributed by atoms with Crippen LogP contribution in [-0.4, -0.2) is 56.1 Å². The molecule has 0 spiro atoms. The van der Waals surface area contributed by atoms with Crippen molar-refractivity contribution in [1.82, 2.24) is 24.8 Å². The molecule has 212 valence electrons. The summed E-state index contributed by atoms with van der Waals surface area (Å²) < 4.78 is 2.34. The fourth-order valence-corrected chi connectivity index (χ4v) is 4.40. The zero-order valence-electron chi connectivity index (χ0n) is 22.4. The van der Waals surface area contributed by atoms with Gasteiger partial charge in [0.15, 0.2) is 0 Å². The van der Waals surface area contributed by atoms with Crippen LogP contribution in [0.1, 0.15) is 39.3 Å². The van der Waals surface area contributed by atoms with Crippen LogP contribution in [0.2, 0.25) is 0 Å². The topological polar surface area (TPSA) is 178 Å². The van der Waals surface area contributed by atoms with Crippen LogP contribution in [0.15, 0.2) is 76.6 Å². The van der Waals surface area contributed by atoms with Crippen LogP contribution >= 0.6 is 0 Å². The predicted molar refractivity (Wildman–Crippen MR) is 152 cm³/mol. The summed E-state index contributed by atoms with van der Waals surface area (Å²) in [4.78, 5) is 66.6. The molecule has 4 aromatic rings. The van der Waals surface area contributed by atoms with Crippen LogP contribution in [0, 0.1) is 0 Å². The number of nitrogens with two attached hydrogens (primary N) is 1. The Morgan fingerprint density at radius 2 is 1.73 bits per heavy atom. The van der Waals surface area contributed by atoms with E-state index in [0.29, 0.717) is 35.1 Å². The minimum Gasteiger partial charge on any atom is -0.480 e. The Kier molecular flexibility index (Phi) is 9.05. The standard InChI is InChI=1S/C29H30N6O6/c1-34-15-12-25(36)35(29(34)41)24-9-5-7-20-18(6-4-8-21(20)24)16-23(28(39)40)33-26(37)19-10-11-22(32-17-19)27(38)31-14-3-2-13-30/h4-12,15,17,23H,2-3,13-14,16,30H2,1H3,(H,31,38)(H,33,37)(H,39,40)/t23-/m0/s1. The molecule has 5 N–H and O–H groups in total. The Bertz CT molecular complexity index is 1710. The van der Waals surface area contributed by atoms with Gasteiger partial charge in [-0.25, -0.2) is 14.2 Å². The summed E-state index contributed by atoms with van der Waals surface area (Å²) in [5, 5.41) is 16.3. The van der Waals surface area contributed by atoms with E-state index in [1.54, 1.807) is 36.4 Å². The summed E-state index contributed by atoms with van der Waals surface area (Å²) in [6.07, 6.45) is 4.05. The number of aromatic nitrogens is 3. The molecule has 12 heteroatoms. The summed E-state index contributed by atoms with van der Waals surface area (Å²) in [6.45, 7) is 0.988. The van der Waals surface area contributed by atoms with Crippen LogP contribution < -0.4 is 27.6 Å². The first-order valence-corrected chi connectivity index (χ1v) is 13.0. The maximum atomic E-state index is 12.9. The Morgan fingerprint density at radius 1 is 0.976 bits per heavy atom. The van der Waals surface area contributed by atoms with Gasteiger partial charge in [0.1, 0.15) is 11.7 Å². The zero-order chi connectivity index (χ0) is 29.5. The van der Waals surface area contributed by atoms with E-state index in [1.807, 2.05) is 0 Å². The highest BCUT2D eigenvalue weighted by Crippen LogP contribution is 2.25. The Morgan fingerprint density at radius 3 is 2.44 bits per heavy atom. The van der Waals surface area contributed by atoms with E-state index in [9.17, 15) is 29.1 Å². The second-order valence-electron chi connectivity index (χ2n) is 9.42. The van der Waals surface area contributed by atoms with Gasteiger partial charge in [0.25, 0.3) is 17.4 Å². The van der Waals surface area contributed by atoms with Crippen molar-refractivity contribution in [2.24, 2.45) is 12.8 Å². The fraction of sp³-hybridized carbons (Fsp3) is 0.241. The lowest BCUT2D eigenvalue weighted by Crippen LogP contribution is -2.42. The molecule has 0 radical (unpaired) electrons. The summed E-state index contributed by atoms with van der Waals surface area (Å²) >= 11 is 0. The molecular weight excluding hydrogens is 528 g/mol. The largest absolute Gasteiger partial charge is 0.480 e. The van der Waals surface area contributed by atoms with Gasteiger partial charge >= 0.3 is 11.7 Å².